The molecule has 0 aromatic carbocycles. The molecule has 2 heterocycles. The van der Waals surface area contributed by atoms with Crippen molar-refractivity contribution < 1.29 is 4.74 Å². The normalized spacial score (nSPS) is 15.8. The monoisotopic (exact) mass is 250 g/mol. The van der Waals surface area contributed by atoms with Crippen LogP contribution in [0.1, 0.15) is 32.0 Å². The van der Waals surface area contributed by atoms with E-state index in [1.165, 1.54) is 5.56 Å². The maximum absolute atomic E-state index is 5.19. The molecule has 5 nitrogen and oxygen atoms in total. The zero-order chi connectivity index (χ0) is 13.2. The number of ether oxygens (including phenoxy) is 1. The van der Waals surface area contributed by atoms with Crippen LogP contribution in [0, 0.1) is 0 Å². The van der Waals surface area contributed by atoms with E-state index in [9.17, 15) is 0 Å². The first-order chi connectivity index (χ1) is 8.49. The smallest absolute Gasteiger partial charge is 0.318 e. The first kappa shape index (κ1) is 13.1. The van der Waals surface area contributed by atoms with E-state index in [0.717, 1.165) is 37.4 Å². The van der Waals surface area contributed by atoms with Gasteiger partial charge >= 0.3 is 6.01 Å². The quantitative estimate of drug-likeness (QED) is 0.830. The van der Waals surface area contributed by atoms with E-state index in [4.69, 9.17) is 4.74 Å². The molecule has 1 aromatic rings. The molecule has 100 valence electrons. The van der Waals surface area contributed by atoms with Crippen LogP contribution in [0.5, 0.6) is 6.01 Å². The van der Waals surface area contributed by atoms with Crippen LogP contribution in [0.4, 0.5) is 5.82 Å². The Morgan fingerprint density at radius 3 is 2.56 bits per heavy atom. The second-order valence-corrected chi connectivity index (χ2v) is 5.61. The van der Waals surface area contributed by atoms with Crippen LogP contribution in [0.3, 0.4) is 0 Å². The van der Waals surface area contributed by atoms with Crippen LogP contribution in [0.25, 0.3) is 0 Å². The Labute approximate surface area is 108 Å². The van der Waals surface area contributed by atoms with Crippen LogP contribution in [-0.2, 0) is 12.8 Å². The third kappa shape index (κ3) is 3.10. The number of anilines is 1. The summed E-state index contributed by atoms with van der Waals surface area (Å²) in [7, 11) is 1.61. The zero-order valence-corrected chi connectivity index (χ0v) is 11.6. The van der Waals surface area contributed by atoms with Crippen LogP contribution in [-0.4, -0.2) is 35.7 Å². The Kier molecular flexibility index (Phi) is 3.71. The summed E-state index contributed by atoms with van der Waals surface area (Å²) in [6.45, 7) is 8.32. The largest absolute Gasteiger partial charge is 0.467 e. The molecule has 0 radical (unpaired) electrons. The van der Waals surface area contributed by atoms with Gasteiger partial charge in [-0.25, -0.2) is 0 Å². The minimum Gasteiger partial charge on any atom is -0.467 e. The highest BCUT2D eigenvalue weighted by molar-refractivity contribution is 5.49. The number of nitrogens with one attached hydrogen (secondary N) is 2. The molecule has 0 unspecified atom stereocenters. The van der Waals surface area contributed by atoms with Gasteiger partial charge in [0.1, 0.15) is 5.82 Å². The number of hydrogen-bond donors (Lipinski definition) is 2. The molecule has 1 aliphatic heterocycles. The fraction of sp³-hybridized carbons (Fsp3) is 0.692. The first-order valence-electron chi connectivity index (χ1n) is 6.42. The minimum atomic E-state index is -0.0210. The van der Waals surface area contributed by atoms with Crippen molar-refractivity contribution in [1.82, 2.24) is 15.3 Å². The molecule has 5 heteroatoms. The van der Waals surface area contributed by atoms with Crippen molar-refractivity contribution in [3.8, 4) is 6.01 Å². The fourth-order valence-electron chi connectivity index (χ4n) is 2.07. The lowest BCUT2D eigenvalue weighted by Gasteiger charge is -2.24. The number of nitrogens with zero attached hydrogens (tertiary/aromatic N) is 2. The summed E-state index contributed by atoms with van der Waals surface area (Å²) >= 11 is 0. The topological polar surface area (TPSA) is 59.1 Å². The van der Waals surface area contributed by atoms with Gasteiger partial charge in [-0.15, -0.1) is 0 Å². The Hall–Kier alpha value is -1.36. The molecule has 0 aliphatic carbocycles. The van der Waals surface area contributed by atoms with E-state index >= 15 is 0 Å². The summed E-state index contributed by atoms with van der Waals surface area (Å²) in [4.78, 5) is 8.93. The molecule has 1 aromatic heterocycles. The number of aromatic nitrogens is 2. The van der Waals surface area contributed by atoms with Gasteiger partial charge in [0.05, 0.1) is 12.8 Å². The molecule has 0 fully saturated rings. The summed E-state index contributed by atoms with van der Waals surface area (Å²) in [5.41, 5.74) is 2.29. The minimum absolute atomic E-state index is 0.0210. The van der Waals surface area contributed by atoms with Gasteiger partial charge in [0.2, 0.25) is 0 Å². The third-order valence-electron chi connectivity index (χ3n) is 2.84. The lowest BCUT2D eigenvalue weighted by Crippen LogP contribution is -2.28. The predicted molar refractivity (Wildman–Crippen MR) is 72.2 cm³/mol. The van der Waals surface area contributed by atoms with Crippen molar-refractivity contribution in [2.75, 3.05) is 25.5 Å². The molecule has 0 spiro atoms. The van der Waals surface area contributed by atoms with Gasteiger partial charge in [-0.3, -0.25) is 0 Å². The van der Waals surface area contributed by atoms with Gasteiger partial charge in [0, 0.05) is 24.1 Å². The number of methoxy groups -OCH3 is 1. The molecular weight excluding hydrogens is 228 g/mol. The number of rotatable bonds is 2. The first-order valence-corrected chi connectivity index (χ1v) is 6.42. The standard InChI is InChI=1S/C13H22N4O/c1-13(2,3)17-11-9-5-7-14-8-6-10(9)15-12(16-11)18-4/h14H,5-8H2,1-4H3,(H,15,16,17). The lowest BCUT2D eigenvalue weighted by molar-refractivity contribution is 0.378. The summed E-state index contributed by atoms with van der Waals surface area (Å²) in [5, 5.41) is 6.84. The van der Waals surface area contributed by atoms with E-state index < -0.39 is 0 Å². The van der Waals surface area contributed by atoms with Crippen LogP contribution >= 0.6 is 0 Å². The lowest BCUT2D eigenvalue weighted by atomic mass is 10.1. The van der Waals surface area contributed by atoms with E-state index in [-0.39, 0.29) is 5.54 Å². The molecule has 1 aliphatic rings. The average molecular weight is 250 g/mol. The Balaban J connectivity index is 2.42. The molecular formula is C13H22N4O. The molecule has 2 rings (SSSR count). The van der Waals surface area contributed by atoms with Crippen molar-refractivity contribution in [3.63, 3.8) is 0 Å². The van der Waals surface area contributed by atoms with Crippen molar-refractivity contribution in [2.24, 2.45) is 0 Å². The Morgan fingerprint density at radius 2 is 1.89 bits per heavy atom. The summed E-state index contributed by atoms with van der Waals surface area (Å²) in [6.07, 6.45) is 1.88. The average Bonchev–Trinajstić information content (AvgIpc) is 2.51. The predicted octanol–water partition coefficient (Wildman–Crippen LogP) is 1.38. The van der Waals surface area contributed by atoms with Gasteiger partial charge in [0.15, 0.2) is 0 Å². The van der Waals surface area contributed by atoms with Gasteiger partial charge in [0.25, 0.3) is 0 Å². The van der Waals surface area contributed by atoms with E-state index in [0.29, 0.717) is 6.01 Å². The summed E-state index contributed by atoms with van der Waals surface area (Å²) in [5.74, 6) is 0.910. The van der Waals surface area contributed by atoms with Gasteiger partial charge in [-0.1, -0.05) is 0 Å². The van der Waals surface area contributed by atoms with Crippen molar-refractivity contribution in [3.05, 3.63) is 11.3 Å². The fourth-order valence-corrected chi connectivity index (χ4v) is 2.07. The molecule has 2 N–H and O–H groups in total. The Bertz CT molecular complexity index is 426. The number of hydrogen-bond acceptors (Lipinski definition) is 5. The maximum Gasteiger partial charge on any atom is 0.318 e. The van der Waals surface area contributed by atoms with E-state index in [2.05, 4.69) is 41.4 Å². The molecule has 0 bridgehead atoms. The second-order valence-electron chi connectivity index (χ2n) is 5.61. The van der Waals surface area contributed by atoms with Crippen LogP contribution in [0.2, 0.25) is 0 Å². The second kappa shape index (κ2) is 5.10. The van der Waals surface area contributed by atoms with E-state index in [1.807, 2.05) is 0 Å². The highest BCUT2D eigenvalue weighted by Gasteiger charge is 2.20. The van der Waals surface area contributed by atoms with Crippen LogP contribution < -0.4 is 15.4 Å². The van der Waals surface area contributed by atoms with Crippen molar-refractivity contribution in [1.29, 1.82) is 0 Å². The molecule has 0 saturated carbocycles. The molecule has 0 amide bonds. The Morgan fingerprint density at radius 1 is 1.17 bits per heavy atom. The van der Waals surface area contributed by atoms with Crippen LogP contribution in [0.15, 0.2) is 0 Å². The summed E-state index contributed by atoms with van der Waals surface area (Å²) < 4.78 is 5.19. The zero-order valence-electron chi connectivity index (χ0n) is 11.6. The molecule has 0 atom stereocenters. The highest BCUT2D eigenvalue weighted by Crippen LogP contribution is 2.24. The van der Waals surface area contributed by atoms with E-state index in [1.54, 1.807) is 7.11 Å². The van der Waals surface area contributed by atoms with Crippen molar-refractivity contribution >= 4 is 5.82 Å². The van der Waals surface area contributed by atoms with Gasteiger partial charge < -0.3 is 15.4 Å². The maximum atomic E-state index is 5.19. The molecule has 18 heavy (non-hydrogen) atoms. The number of fused-ring (bicyclic) bond motifs is 1. The van der Waals surface area contributed by atoms with Gasteiger partial charge in [-0.2, -0.15) is 9.97 Å². The third-order valence-corrected chi connectivity index (χ3v) is 2.84. The highest BCUT2D eigenvalue weighted by atomic mass is 16.5. The van der Waals surface area contributed by atoms with Gasteiger partial charge in [-0.05, 0) is 33.7 Å². The molecule has 0 saturated heterocycles. The SMILES string of the molecule is COc1nc2c(c(NC(C)(C)C)n1)CCNCC2. The summed E-state index contributed by atoms with van der Waals surface area (Å²) in [6, 6.07) is 0.447. The van der Waals surface area contributed by atoms with Crippen molar-refractivity contribution in [2.45, 2.75) is 39.2 Å².